The summed E-state index contributed by atoms with van der Waals surface area (Å²) in [5.41, 5.74) is 3.66. The molecule has 2 rings (SSSR count). The van der Waals surface area contributed by atoms with Gasteiger partial charge in [-0.1, -0.05) is 38.1 Å². The molecule has 0 bridgehead atoms. The van der Waals surface area contributed by atoms with Gasteiger partial charge in [-0.3, -0.25) is 4.99 Å². The number of rotatable bonds is 7. The van der Waals surface area contributed by atoms with Crippen molar-refractivity contribution in [1.82, 2.24) is 0 Å². The van der Waals surface area contributed by atoms with Gasteiger partial charge in [-0.2, -0.15) is 0 Å². The Balaban J connectivity index is 1.89. The quantitative estimate of drug-likeness (QED) is 0.655. The average molecular weight is 295 g/mol. The van der Waals surface area contributed by atoms with E-state index in [-0.39, 0.29) is 0 Å². The Morgan fingerprint density at radius 3 is 2.18 bits per heavy atom. The molecule has 2 nitrogen and oxygen atoms in total. The maximum atomic E-state index is 5.82. The van der Waals surface area contributed by atoms with Crippen LogP contribution in [-0.2, 0) is 13.0 Å². The first-order valence-corrected chi connectivity index (χ1v) is 8.05. The van der Waals surface area contributed by atoms with Crippen molar-refractivity contribution in [2.45, 2.75) is 46.3 Å². The van der Waals surface area contributed by atoms with Crippen molar-refractivity contribution in [2.75, 3.05) is 0 Å². The summed E-state index contributed by atoms with van der Waals surface area (Å²) in [4.78, 5) is 4.49. The van der Waals surface area contributed by atoms with Gasteiger partial charge in [0, 0.05) is 12.3 Å². The van der Waals surface area contributed by atoms with E-state index in [9.17, 15) is 0 Å². The van der Waals surface area contributed by atoms with Crippen molar-refractivity contribution in [2.24, 2.45) is 4.99 Å². The van der Waals surface area contributed by atoms with Gasteiger partial charge in [0.25, 0.3) is 0 Å². The molecular weight excluding hydrogens is 270 g/mol. The lowest BCUT2D eigenvalue weighted by Gasteiger charge is -2.07. The molecule has 0 heterocycles. The molecule has 1 unspecified atom stereocenters. The van der Waals surface area contributed by atoms with Gasteiger partial charge in [0.2, 0.25) is 0 Å². The third-order valence-electron chi connectivity index (χ3n) is 3.79. The monoisotopic (exact) mass is 295 g/mol. The van der Waals surface area contributed by atoms with Crippen molar-refractivity contribution >= 4 is 6.21 Å². The number of hydrogen-bond acceptors (Lipinski definition) is 2. The van der Waals surface area contributed by atoms with E-state index in [4.69, 9.17) is 4.74 Å². The molecule has 0 radical (unpaired) electrons. The highest BCUT2D eigenvalue weighted by Gasteiger charge is 1.98. The summed E-state index contributed by atoms with van der Waals surface area (Å²) < 4.78 is 5.82. The van der Waals surface area contributed by atoms with Crippen LogP contribution in [0.4, 0.5) is 0 Å². The van der Waals surface area contributed by atoms with Crippen molar-refractivity contribution in [3.63, 3.8) is 0 Å². The van der Waals surface area contributed by atoms with Crippen molar-refractivity contribution in [3.8, 4) is 5.75 Å². The molecule has 2 aromatic rings. The largest absolute Gasteiger partial charge is 0.489 e. The van der Waals surface area contributed by atoms with E-state index in [1.165, 1.54) is 11.1 Å². The van der Waals surface area contributed by atoms with Gasteiger partial charge in [0.1, 0.15) is 12.4 Å². The molecule has 0 saturated heterocycles. The molecule has 22 heavy (non-hydrogen) atoms. The summed E-state index contributed by atoms with van der Waals surface area (Å²) in [5, 5.41) is 0. The minimum atomic E-state index is 0.377. The number of benzene rings is 2. The maximum Gasteiger partial charge on any atom is 0.119 e. The van der Waals surface area contributed by atoms with Crippen LogP contribution >= 0.6 is 0 Å². The second-order valence-corrected chi connectivity index (χ2v) is 5.56. The van der Waals surface area contributed by atoms with Crippen LogP contribution in [0.25, 0.3) is 0 Å². The van der Waals surface area contributed by atoms with Crippen molar-refractivity contribution < 1.29 is 4.74 Å². The van der Waals surface area contributed by atoms with E-state index in [2.05, 4.69) is 50.0 Å². The Hall–Kier alpha value is -2.09. The van der Waals surface area contributed by atoms with Crippen LogP contribution < -0.4 is 4.74 Å². The Labute approximate surface area is 133 Å². The Bertz CT molecular complexity index is 584. The topological polar surface area (TPSA) is 21.6 Å². The Morgan fingerprint density at radius 2 is 1.59 bits per heavy atom. The van der Waals surface area contributed by atoms with Gasteiger partial charge in [-0.05, 0) is 60.7 Å². The summed E-state index contributed by atoms with van der Waals surface area (Å²) in [6.45, 7) is 7.03. The molecule has 2 aromatic carbocycles. The van der Waals surface area contributed by atoms with Gasteiger partial charge in [-0.25, -0.2) is 0 Å². The van der Waals surface area contributed by atoms with E-state index >= 15 is 0 Å². The number of hydrogen-bond donors (Lipinski definition) is 0. The first-order chi connectivity index (χ1) is 10.7. The second kappa shape index (κ2) is 8.38. The highest BCUT2D eigenvalue weighted by atomic mass is 16.5. The van der Waals surface area contributed by atoms with Gasteiger partial charge in [0.05, 0.1) is 0 Å². The normalized spacial score (nSPS) is 12.5. The minimum Gasteiger partial charge on any atom is -0.489 e. The first-order valence-electron chi connectivity index (χ1n) is 8.05. The molecule has 0 amide bonds. The molecule has 116 valence electrons. The predicted octanol–water partition coefficient (Wildman–Crippen LogP) is 5.05. The third kappa shape index (κ3) is 5.03. The molecule has 0 aromatic heterocycles. The van der Waals surface area contributed by atoms with Crippen LogP contribution in [0.15, 0.2) is 53.5 Å². The molecule has 0 aliphatic rings. The summed E-state index contributed by atoms with van der Waals surface area (Å²) >= 11 is 0. The van der Waals surface area contributed by atoms with Crippen LogP contribution in [0.1, 0.15) is 43.9 Å². The zero-order chi connectivity index (χ0) is 15.8. The lowest BCUT2D eigenvalue weighted by Crippen LogP contribution is -1.97. The average Bonchev–Trinajstić information content (AvgIpc) is 2.59. The smallest absolute Gasteiger partial charge is 0.119 e. The fourth-order valence-electron chi connectivity index (χ4n) is 2.01. The third-order valence-corrected chi connectivity index (χ3v) is 3.79. The molecule has 0 fully saturated rings. The summed E-state index contributed by atoms with van der Waals surface area (Å²) in [7, 11) is 0. The highest BCUT2D eigenvalue weighted by molar-refractivity contribution is 5.79. The first kappa shape index (κ1) is 16.3. The summed E-state index contributed by atoms with van der Waals surface area (Å²) in [6.07, 6.45) is 4.07. The molecule has 0 saturated carbocycles. The van der Waals surface area contributed by atoms with Crippen LogP contribution in [0.3, 0.4) is 0 Å². The zero-order valence-electron chi connectivity index (χ0n) is 13.8. The van der Waals surface area contributed by atoms with Crippen molar-refractivity contribution in [1.29, 1.82) is 0 Å². The van der Waals surface area contributed by atoms with E-state index in [0.29, 0.717) is 12.6 Å². The van der Waals surface area contributed by atoms with Crippen LogP contribution in [0.5, 0.6) is 5.75 Å². The molecular formula is C20H25NO. The summed E-state index contributed by atoms with van der Waals surface area (Å²) in [5.74, 6) is 0.889. The fraction of sp³-hybridized carbons (Fsp3) is 0.350. The molecule has 0 aliphatic carbocycles. The number of nitrogens with zero attached hydrogens (tertiary/aromatic N) is 1. The number of ether oxygens (including phenoxy) is 1. The van der Waals surface area contributed by atoms with Crippen LogP contribution in [0, 0.1) is 0 Å². The maximum absolute atomic E-state index is 5.82. The molecule has 1 atom stereocenters. The number of aryl methyl sites for hydroxylation is 1. The lowest BCUT2D eigenvalue weighted by molar-refractivity contribution is 0.306. The van der Waals surface area contributed by atoms with Gasteiger partial charge < -0.3 is 4.74 Å². The fourth-order valence-corrected chi connectivity index (χ4v) is 2.01. The van der Waals surface area contributed by atoms with E-state index < -0.39 is 0 Å². The molecule has 2 heteroatoms. The molecule has 0 aliphatic heterocycles. The zero-order valence-corrected chi connectivity index (χ0v) is 13.8. The van der Waals surface area contributed by atoms with Gasteiger partial charge >= 0.3 is 0 Å². The second-order valence-electron chi connectivity index (χ2n) is 5.56. The lowest BCUT2D eigenvalue weighted by atomic mass is 10.1. The van der Waals surface area contributed by atoms with E-state index in [0.717, 1.165) is 24.2 Å². The summed E-state index contributed by atoms with van der Waals surface area (Å²) in [6, 6.07) is 17.0. The van der Waals surface area contributed by atoms with Gasteiger partial charge in [0.15, 0.2) is 0 Å². The Morgan fingerprint density at radius 1 is 0.955 bits per heavy atom. The van der Waals surface area contributed by atoms with Crippen LogP contribution in [0.2, 0.25) is 0 Å². The standard InChI is InChI=1S/C20H25NO/c1-4-16(3)21-14-18-10-12-20(13-11-18)22-15-19-8-6-17(5-2)7-9-19/h6-14,16H,4-5,15H2,1-3H3. The van der Waals surface area contributed by atoms with Crippen LogP contribution in [-0.4, -0.2) is 12.3 Å². The van der Waals surface area contributed by atoms with E-state index in [1.54, 1.807) is 0 Å². The molecule has 0 spiro atoms. The van der Waals surface area contributed by atoms with Crippen molar-refractivity contribution in [3.05, 3.63) is 65.2 Å². The Kier molecular flexibility index (Phi) is 6.20. The van der Waals surface area contributed by atoms with Gasteiger partial charge in [-0.15, -0.1) is 0 Å². The minimum absolute atomic E-state index is 0.377. The molecule has 0 N–H and O–H groups in total. The highest BCUT2D eigenvalue weighted by Crippen LogP contribution is 2.14. The number of aliphatic imine (C=N–C) groups is 1. The SMILES string of the molecule is CCc1ccc(COc2ccc(C=NC(C)CC)cc2)cc1. The predicted molar refractivity (Wildman–Crippen MR) is 93.9 cm³/mol. The van der Waals surface area contributed by atoms with E-state index in [1.807, 2.05) is 30.5 Å².